The third kappa shape index (κ3) is 4.30. The lowest BCUT2D eigenvalue weighted by Gasteiger charge is -2.10. The van der Waals surface area contributed by atoms with E-state index < -0.39 is 10.0 Å². The van der Waals surface area contributed by atoms with Gasteiger partial charge in [0.1, 0.15) is 0 Å². The Balaban J connectivity index is 0.00000242. The summed E-state index contributed by atoms with van der Waals surface area (Å²) >= 11 is 0. The van der Waals surface area contributed by atoms with Gasteiger partial charge in [-0.15, -0.1) is 12.4 Å². The minimum Gasteiger partial charge on any atom is -0.370 e. The Morgan fingerprint density at radius 3 is 2.82 bits per heavy atom. The first-order valence-corrected chi connectivity index (χ1v) is 7.81. The summed E-state index contributed by atoms with van der Waals surface area (Å²) in [6, 6.07) is 6.77. The van der Waals surface area contributed by atoms with Gasteiger partial charge in [0.05, 0.1) is 4.90 Å². The van der Waals surface area contributed by atoms with E-state index in [0.29, 0.717) is 11.9 Å². The van der Waals surface area contributed by atoms with Crippen molar-refractivity contribution in [2.45, 2.75) is 4.90 Å². The predicted octanol–water partition coefficient (Wildman–Crippen LogP) is 0.469. The molecule has 0 aliphatic carbocycles. The fourth-order valence-corrected chi connectivity index (χ4v) is 3.12. The smallest absolute Gasteiger partial charge is 0.241 e. The molecule has 9 heteroatoms. The van der Waals surface area contributed by atoms with Gasteiger partial charge in [-0.05, 0) is 12.1 Å². The second kappa shape index (κ2) is 7.92. The molecule has 0 saturated carbocycles. The molecule has 1 heterocycles. The van der Waals surface area contributed by atoms with E-state index in [2.05, 4.69) is 20.0 Å². The van der Waals surface area contributed by atoms with Crippen LogP contribution in [0.15, 0.2) is 46.5 Å². The molecule has 0 radical (unpaired) electrons. The number of fused-ring (bicyclic) bond motifs is 1. The number of rotatable bonds is 5. The van der Waals surface area contributed by atoms with Gasteiger partial charge in [-0.2, -0.15) is 0 Å². The van der Waals surface area contributed by atoms with Crippen LogP contribution in [-0.4, -0.2) is 39.5 Å². The summed E-state index contributed by atoms with van der Waals surface area (Å²) in [5.74, 6) is 0.269. The Labute approximate surface area is 135 Å². The molecule has 0 bridgehead atoms. The van der Waals surface area contributed by atoms with E-state index in [1.54, 1.807) is 37.6 Å². The molecule has 0 unspecified atom stereocenters. The number of guanidine groups is 1. The molecule has 0 saturated heterocycles. The van der Waals surface area contributed by atoms with E-state index in [9.17, 15) is 8.42 Å². The van der Waals surface area contributed by atoms with Crippen LogP contribution in [0, 0.1) is 0 Å². The molecule has 7 nitrogen and oxygen atoms in total. The van der Waals surface area contributed by atoms with Crippen molar-refractivity contribution < 1.29 is 8.42 Å². The SMILES string of the molecule is CN=C(N)NCCNS(=O)(=O)c1cccc2cnccc12.Cl. The average molecular weight is 344 g/mol. The third-order valence-corrected chi connectivity index (χ3v) is 4.41. The van der Waals surface area contributed by atoms with Gasteiger partial charge in [-0.3, -0.25) is 9.98 Å². The van der Waals surface area contributed by atoms with Crippen LogP contribution in [0.5, 0.6) is 0 Å². The molecule has 1 aromatic heterocycles. The lowest BCUT2D eigenvalue weighted by molar-refractivity contribution is 0.581. The van der Waals surface area contributed by atoms with E-state index in [-0.39, 0.29) is 29.8 Å². The number of hydrogen-bond acceptors (Lipinski definition) is 4. The van der Waals surface area contributed by atoms with E-state index in [1.807, 2.05) is 6.07 Å². The van der Waals surface area contributed by atoms with Crippen LogP contribution in [0.25, 0.3) is 10.8 Å². The maximum atomic E-state index is 12.3. The zero-order valence-electron chi connectivity index (χ0n) is 12.0. The van der Waals surface area contributed by atoms with E-state index in [4.69, 9.17) is 5.73 Å². The molecule has 2 aromatic rings. The second-order valence-electron chi connectivity index (χ2n) is 4.29. The van der Waals surface area contributed by atoms with Gasteiger partial charge < -0.3 is 11.1 Å². The summed E-state index contributed by atoms with van der Waals surface area (Å²) in [7, 11) is -2.04. The van der Waals surface area contributed by atoms with Crippen LogP contribution >= 0.6 is 12.4 Å². The summed E-state index contributed by atoms with van der Waals surface area (Å²) in [5.41, 5.74) is 5.46. The maximum absolute atomic E-state index is 12.3. The molecule has 0 fully saturated rings. The van der Waals surface area contributed by atoms with Gasteiger partial charge in [-0.1, -0.05) is 12.1 Å². The van der Waals surface area contributed by atoms with Crippen molar-refractivity contribution >= 4 is 39.2 Å². The third-order valence-electron chi connectivity index (χ3n) is 2.89. The van der Waals surface area contributed by atoms with Crippen LogP contribution in [0.1, 0.15) is 0 Å². The van der Waals surface area contributed by atoms with Crippen molar-refractivity contribution in [1.29, 1.82) is 0 Å². The summed E-state index contributed by atoms with van der Waals surface area (Å²) in [5, 5.41) is 4.20. The summed E-state index contributed by atoms with van der Waals surface area (Å²) in [4.78, 5) is 7.94. The highest BCUT2D eigenvalue weighted by Gasteiger charge is 2.16. The van der Waals surface area contributed by atoms with E-state index >= 15 is 0 Å². The molecule has 0 amide bonds. The zero-order valence-corrected chi connectivity index (χ0v) is 13.6. The highest BCUT2D eigenvalue weighted by atomic mass is 35.5. The predicted molar refractivity (Wildman–Crippen MR) is 89.7 cm³/mol. The molecule has 1 aromatic carbocycles. The molecule has 120 valence electrons. The highest BCUT2D eigenvalue weighted by molar-refractivity contribution is 7.89. The Morgan fingerprint density at radius 2 is 2.09 bits per heavy atom. The van der Waals surface area contributed by atoms with Gasteiger partial charge in [0.15, 0.2) is 5.96 Å². The topological polar surface area (TPSA) is 109 Å². The molecule has 0 spiro atoms. The number of nitrogens with one attached hydrogen (secondary N) is 2. The number of hydrogen-bond donors (Lipinski definition) is 3. The van der Waals surface area contributed by atoms with Gasteiger partial charge >= 0.3 is 0 Å². The Kier molecular flexibility index (Phi) is 6.54. The Bertz CT molecular complexity index is 759. The van der Waals surface area contributed by atoms with Crippen molar-refractivity contribution in [3.63, 3.8) is 0 Å². The second-order valence-corrected chi connectivity index (χ2v) is 6.02. The van der Waals surface area contributed by atoms with Gasteiger partial charge in [0.2, 0.25) is 10.0 Å². The number of halogens is 1. The number of aliphatic imine (C=N–C) groups is 1. The van der Waals surface area contributed by atoms with Crippen LogP contribution in [0.2, 0.25) is 0 Å². The lowest BCUT2D eigenvalue weighted by Crippen LogP contribution is -2.38. The fraction of sp³-hybridized carbons (Fsp3) is 0.231. The average Bonchev–Trinajstić information content (AvgIpc) is 2.50. The van der Waals surface area contributed by atoms with Gasteiger partial charge in [0, 0.05) is 43.3 Å². The van der Waals surface area contributed by atoms with E-state index in [1.165, 1.54) is 0 Å². The van der Waals surface area contributed by atoms with Gasteiger partial charge in [-0.25, -0.2) is 13.1 Å². The van der Waals surface area contributed by atoms with Gasteiger partial charge in [0.25, 0.3) is 0 Å². The number of aromatic nitrogens is 1. The van der Waals surface area contributed by atoms with E-state index in [0.717, 1.165) is 5.39 Å². The Hall–Kier alpha value is -1.90. The molecule has 2 rings (SSSR count). The monoisotopic (exact) mass is 343 g/mol. The largest absolute Gasteiger partial charge is 0.370 e. The van der Waals surface area contributed by atoms with Crippen molar-refractivity contribution in [2.75, 3.05) is 20.1 Å². The maximum Gasteiger partial charge on any atom is 0.241 e. The number of sulfonamides is 1. The summed E-state index contributed by atoms with van der Waals surface area (Å²) in [6.07, 6.45) is 3.20. The number of pyridine rings is 1. The van der Waals surface area contributed by atoms with Crippen molar-refractivity contribution in [3.8, 4) is 0 Å². The van der Waals surface area contributed by atoms with Crippen molar-refractivity contribution in [2.24, 2.45) is 10.7 Å². The normalized spacial score (nSPS) is 12.0. The fourth-order valence-electron chi connectivity index (χ4n) is 1.86. The number of benzene rings is 1. The minimum atomic E-state index is -3.59. The quantitative estimate of drug-likeness (QED) is 0.415. The highest BCUT2D eigenvalue weighted by Crippen LogP contribution is 2.21. The molecular weight excluding hydrogens is 326 g/mol. The van der Waals surface area contributed by atoms with Crippen LogP contribution in [0.4, 0.5) is 0 Å². The first-order valence-electron chi connectivity index (χ1n) is 6.33. The summed E-state index contributed by atoms with van der Waals surface area (Å²) in [6.45, 7) is 0.564. The van der Waals surface area contributed by atoms with Crippen molar-refractivity contribution in [3.05, 3.63) is 36.7 Å². The first kappa shape index (κ1) is 18.1. The van der Waals surface area contributed by atoms with Crippen LogP contribution in [0.3, 0.4) is 0 Å². The van der Waals surface area contributed by atoms with Crippen LogP contribution in [-0.2, 0) is 10.0 Å². The number of nitrogens with two attached hydrogens (primary N) is 1. The molecular formula is C13H18ClN5O2S. The molecule has 0 aliphatic rings. The molecule has 4 N–H and O–H groups in total. The zero-order chi connectivity index (χ0) is 15.3. The lowest BCUT2D eigenvalue weighted by atomic mass is 10.2. The molecule has 0 aliphatic heterocycles. The molecule has 22 heavy (non-hydrogen) atoms. The number of nitrogens with zero attached hydrogens (tertiary/aromatic N) is 2. The summed E-state index contributed by atoms with van der Waals surface area (Å²) < 4.78 is 27.2. The molecule has 0 atom stereocenters. The Morgan fingerprint density at radius 1 is 1.32 bits per heavy atom. The van der Waals surface area contributed by atoms with Crippen molar-refractivity contribution in [1.82, 2.24) is 15.0 Å². The van der Waals surface area contributed by atoms with Crippen LogP contribution < -0.4 is 15.8 Å². The first-order chi connectivity index (χ1) is 10.0. The minimum absolute atomic E-state index is 0. The standard InChI is InChI=1S/C13H17N5O2S.ClH/c1-15-13(14)17-7-8-18-21(19,20)12-4-2-3-10-9-16-6-5-11(10)12;/h2-6,9,18H,7-8H2,1H3,(H3,14,15,17);1H.